The number of piperidine rings is 1. The Bertz CT molecular complexity index is 1480. The van der Waals surface area contributed by atoms with Crippen LogP contribution in [0.2, 0.25) is 0 Å². The van der Waals surface area contributed by atoms with Crippen molar-refractivity contribution in [3.8, 4) is 0 Å². The van der Waals surface area contributed by atoms with Gasteiger partial charge in [0.05, 0.1) is 18.6 Å². The molecular weight excluding hydrogens is 492 g/mol. The molecule has 12 heteroatoms. The van der Waals surface area contributed by atoms with E-state index in [1.165, 1.54) is 0 Å². The minimum Gasteiger partial charge on any atom is -0.341 e. The van der Waals surface area contributed by atoms with E-state index in [9.17, 15) is 13.6 Å². The highest BCUT2D eigenvalue weighted by atomic mass is 19.3. The van der Waals surface area contributed by atoms with Crippen molar-refractivity contribution in [2.75, 3.05) is 36.0 Å². The van der Waals surface area contributed by atoms with Gasteiger partial charge in [0.2, 0.25) is 11.9 Å². The smallest absolute Gasteiger partial charge is 0.281 e. The number of anilines is 2. The first-order chi connectivity index (χ1) is 18.3. The number of aromatic nitrogens is 4. The van der Waals surface area contributed by atoms with E-state index < -0.39 is 11.8 Å². The fourth-order valence-corrected chi connectivity index (χ4v) is 5.86. The number of hydrogen-bond acceptors (Lipinski definition) is 8. The number of para-hydroxylation sites is 1. The molecule has 38 heavy (non-hydrogen) atoms. The second kappa shape index (κ2) is 8.42. The molecule has 10 nitrogen and oxygen atoms in total. The molecule has 2 fully saturated rings. The maximum atomic E-state index is 14.1. The molecule has 1 saturated carbocycles. The predicted octanol–water partition coefficient (Wildman–Crippen LogP) is 2.55. The molecule has 4 aliphatic rings. The SMILES string of the molecule is Cc1nc(CN2C(=O)c3c(nc(N4CCC[C@@H](N)C4)n3CC3CC3(F)F)N3CCN=C23)nc2ccccc12. The Balaban J connectivity index is 1.30. The Kier molecular flexibility index (Phi) is 5.19. The molecule has 0 spiro atoms. The predicted molar refractivity (Wildman–Crippen MR) is 138 cm³/mol. The Morgan fingerprint density at radius 3 is 2.76 bits per heavy atom. The molecule has 1 aromatic carbocycles. The van der Waals surface area contributed by atoms with Crippen molar-refractivity contribution in [2.24, 2.45) is 16.6 Å². The lowest BCUT2D eigenvalue weighted by atomic mass is 10.1. The first-order valence-electron chi connectivity index (χ1n) is 13.1. The summed E-state index contributed by atoms with van der Waals surface area (Å²) in [5.74, 6) is -1.85. The number of nitrogens with zero attached hydrogens (tertiary/aromatic N) is 8. The van der Waals surface area contributed by atoms with Crippen LogP contribution in [0.15, 0.2) is 29.3 Å². The third-order valence-corrected chi connectivity index (χ3v) is 7.93. The van der Waals surface area contributed by atoms with Crippen molar-refractivity contribution in [3.05, 3.63) is 41.5 Å². The van der Waals surface area contributed by atoms with Crippen molar-refractivity contribution in [1.29, 1.82) is 0 Å². The van der Waals surface area contributed by atoms with E-state index in [1.807, 2.05) is 41.0 Å². The van der Waals surface area contributed by atoms with Gasteiger partial charge < -0.3 is 15.2 Å². The van der Waals surface area contributed by atoms with Crippen molar-refractivity contribution in [3.63, 3.8) is 0 Å². The Labute approximate surface area is 218 Å². The maximum Gasteiger partial charge on any atom is 0.281 e. The number of alkyl halides is 2. The van der Waals surface area contributed by atoms with Crippen LogP contribution >= 0.6 is 0 Å². The summed E-state index contributed by atoms with van der Waals surface area (Å²) in [5.41, 5.74) is 8.19. The zero-order chi connectivity index (χ0) is 26.2. The number of carbonyl (C=O) groups excluding carboxylic acids is 1. The van der Waals surface area contributed by atoms with E-state index >= 15 is 0 Å². The zero-order valence-electron chi connectivity index (χ0n) is 21.1. The third-order valence-electron chi connectivity index (χ3n) is 7.93. The van der Waals surface area contributed by atoms with Gasteiger partial charge in [-0.15, -0.1) is 0 Å². The Morgan fingerprint density at radius 1 is 1.16 bits per heavy atom. The minimum atomic E-state index is -2.72. The minimum absolute atomic E-state index is 0.0296. The zero-order valence-corrected chi connectivity index (χ0v) is 21.1. The number of rotatable bonds is 5. The summed E-state index contributed by atoms with van der Waals surface area (Å²) in [5, 5.41) is 0.955. The number of amides is 1. The molecule has 198 valence electrons. The summed E-state index contributed by atoms with van der Waals surface area (Å²) in [7, 11) is 0. The highest BCUT2D eigenvalue weighted by Gasteiger charge is 2.57. The number of aryl methyl sites for hydroxylation is 1. The van der Waals surface area contributed by atoms with Crippen LogP contribution in [-0.2, 0) is 13.1 Å². The number of imidazole rings is 1. The number of hydrogen-bond donors (Lipinski definition) is 1. The quantitative estimate of drug-likeness (QED) is 0.550. The Morgan fingerprint density at radius 2 is 1.97 bits per heavy atom. The van der Waals surface area contributed by atoms with E-state index in [1.54, 1.807) is 9.47 Å². The molecule has 2 aromatic heterocycles. The van der Waals surface area contributed by atoms with Crippen LogP contribution in [0.5, 0.6) is 0 Å². The topological polar surface area (TPSA) is 109 Å². The van der Waals surface area contributed by atoms with E-state index in [0.29, 0.717) is 55.4 Å². The van der Waals surface area contributed by atoms with Gasteiger partial charge in [-0.25, -0.2) is 18.7 Å². The highest BCUT2D eigenvalue weighted by molar-refractivity contribution is 6.18. The van der Waals surface area contributed by atoms with Gasteiger partial charge in [0.1, 0.15) is 5.82 Å². The van der Waals surface area contributed by atoms with Crippen LogP contribution in [0.4, 0.5) is 20.5 Å². The average Bonchev–Trinajstić information content (AvgIpc) is 3.23. The van der Waals surface area contributed by atoms with Gasteiger partial charge in [0.25, 0.3) is 11.8 Å². The van der Waals surface area contributed by atoms with Gasteiger partial charge >= 0.3 is 0 Å². The first kappa shape index (κ1) is 23.4. The van der Waals surface area contributed by atoms with E-state index in [2.05, 4.69) is 9.98 Å². The molecule has 1 unspecified atom stereocenters. The van der Waals surface area contributed by atoms with Crippen LogP contribution in [0.25, 0.3) is 10.9 Å². The van der Waals surface area contributed by atoms with Gasteiger partial charge in [-0.1, -0.05) is 18.2 Å². The third kappa shape index (κ3) is 3.72. The lowest BCUT2D eigenvalue weighted by Gasteiger charge is -2.33. The summed E-state index contributed by atoms with van der Waals surface area (Å²) < 4.78 is 29.9. The van der Waals surface area contributed by atoms with Gasteiger partial charge in [0.15, 0.2) is 11.5 Å². The normalized spacial score (nSPS) is 24.1. The van der Waals surface area contributed by atoms with Crippen molar-refractivity contribution < 1.29 is 13.6 Å². The highest BCUT2D eigenvalue weighted by Crippen LogP contribution is 2.50. The largest absolute Gasteiger partial charge is 0.341 e. The second-order valence-electron chi connectivity index (χ2n) is 10.7. The molecule has 1 saturated heterocycles. The lowest BCUT2D eigenvalue weighted by molar-refractivity contribution is 0.0807. The fraction of sp³-hybridized carbons (Fsp3) is 0.500. The van der Waals surface area contributed by atoms with Crippen molar-refractivity contribution in [1.82, 2.24) is 24.4 Å². The molecule has 3 aliphatic heterocycles. The maximum absolute atomic E-state index is 14.1. The van der Waals surface area contributed by atoms with Gasteiger partial charge in [-0.05, 0) is 25.8 Å². The van der Waals surface area contributed by atoms with Crippen LogP contribution in [0, 0.1) is 12.8 Å². The van der Waals surface area contributed by atoms with E-state index in [0.717, 1.165) is 29.4 Å². The van der Waals surface area contributed by atoms with Gasteiger partial charge in [-0.3, -0.25) is 19.6 Å². The molecule has 2 atom stereocenters. The van der Waals surface area contributed by atoms with Gasteiger partial charge in [-0.2, -0.15) is 4.98 Å². The number of halogens is 2. The van der Waals surface area contributed by atoms with Crippen molar-refractivity contribution in [2.45, 2.75) is 51.2 Å². The van der Waals surface area contributed by atoms with E-state index in [-0.39, 0.29) is 31.5 Å². The molecule has 1 aliphatic carbocycles. The number of benzene rings is 1. The molecule has 0 bridgehead atoms. The molecule has 1 amide bonds. The summed E-state index contributed by atoms with van der Waals surface area (Å²) in [6, 6.07) is 7.72. The number of nitrogens with two attached hydrogens (primary N) is 1. The van der Waals surface area contributed by atoms with E-state index in [4.69, 9.17) is 15.7 Å². The summed E-state index contributed by atoms with van der Waals surface area (Å²) in [6.07, 6.45) is 1.60. The van der Waals surface area contributed by atoms with Crippen LogP contribution in [0.3, 0.4) is 0 Å². The summed E-state index contributed by atoms with van der Waals surface area (Å²) in [4.78, 5) is 38.5. The Hall–Kier alpha value is -3.67. The molecular formula is C26H29F2N9O. The molecule has 5 heterocycles. The lowest BCUT2D eigenvalue weighted by Crippen LogP contribution is -2.50. The molecule has 3 aromatic rings. The number of aliphatic imine (C=N–C) groups is 1. The average molecular weight is 522 g/mol. The first-order valence-corrected chi connectivity index (χ1v) is 13.1. The summed E-state index contributed by atoms with van der Waals surface area (Å²) >= 11 is 0. The standard InChI is InChI=1S/C26H29F2N9O/c1-15-18-6-2-3-7-19(18)32-20(31-15)14-37-23(38)21-22(35-10-8-30-24(35)37)33-25(34-9-4-5-17(29)13-34)36(21)12-16-11-26(16,27)28/h2-3,6-7,16-17H,4-5,8-14,29H2,1H3/t16?,17-/m1/s1. The van der Waals surface area contributed by atoms with Crippen molar-refractivity contribution >= 4 is 34.5 Å². The summed E-state index contributed by atoms with van der Waals surface area (Å²) in [6.45, 7) is 4.42. The molecule has 0 radical (unpaired) electrons. The molecule has 7 rings (SSSR count). The van der Waals surface area contributed by atoms with Crippen LogP contribution in [0.1, 0.15) is 41.3 Å². The second-order valence-corrected chi connectivity index (χ2v) is 10.7. The van der Waals surface area contributed by atoms with Crippen LogP contribution < -0.4 is 15.5 Å². The monoisotopic (exact) mass is 521 g/mol. The number of carbonyl (C=O) groups is 1. The number of guanidine groups is 1. The van der Waals surface area contributed by atoms with Gasteiger partial charge in [0, 0.05) is 55.6 Å². The van der Waals surface area contributed by atoms with Crippen LogP contribution in [-0.4, -0.2) is 74.4 Å². The number of fused-ring (bicyclic) bond motifs is 4. The molecule has 2 N–H and O–H groups in total. The fourth-order valence-electron chi connectivity index (χ4n) is 5.86.